The Bertz CT molecular complexity index is 8280. The maximum atomic E-state index is 2.47. The number of benzene rings is 18. The number of fused-ring (bicyclic) bond motifs is 16. The third kappa shape index (κ3) is 12.0. The Morgan fingerprint density at radius 2 is 0.312 bits per heavy atom. The summed E-state index contributed by atoms with van der Waals surface area (Å²) in [4.78, 5) is 0. The Morgan fingerprint density at radius 3 is 0.562 bits per heavy atom. The molecule has 26 rings (SSSR count). The Kier molecular flexibility index (Phi) is 17.1. The van der Waals surface area contributed by atoms with Gasteiger partial charge in [-0.05, 0) is 244 Å². The van der Waals surface area contributed by atoms with Gasteiger partial charge >= 0.3 is 0 Å². The van der Waals surface area contributed by atoms with Gasteiger partial charge in [0.1, 0.15) is 0 Å². The molecule has 0 spiro atoms. The van der Waals surface area contributed by atoms with Gasteiger partial charge in [0.05, 0.1) is 89.0 Å². The fraction of sp³-hybridized carbons (Fsp3) is 0.0333. The van der Waals surface area contributed by atoms with E-state index >= 15 is 0 Å². The first-order valence-electron chi connectivity index (χ1n) is 44.2. The van der Waals surface area contributed by atoms with Crippen LogP contribution in [-0.4, -0.2) is 36.5 Å². The van der Waals surface area contributed by atoms with Crippen molar-refractivity contribution in [1.29, 1.82) is 0 Å². The third-order valence-electron chi connectivity index (χ3n) is 26.6. The van der Waals surface area contributed by atoms with Crippen LogP contribution in [0.1, 0.15) is 22.3 Å². The second-order valence-electron chi connectivity index (χ2n) is 34.4. The first-order valence-corrected chi connectivity index (χ1v) is 44.2. The van der Waals surface area contributed by atoms with Crippen LogP contribution in [0.4, 0.5) is 0 Å². The highest BCUT2D eigenvalue weighted by molar-refractivity contribution is 6.14. The summed E-state index contributed by atoms with van der Waals surface area (Å²) in [6.07, 6.45) is 0. The second-order valence-corrected chi connectivity index (χ2v) is 34.4. The molecule has 18 aromatic carbocycles. The molecule has 8 aromatic heterocycles. The van der Waals surface area contributed by atoms with E-state index in [9.17, 15) is 0 Å². The number of nitrogens with zero attached hydrogens (tertiary/aromatic N) is 8. The summed E-state index contributed by atoms with van der Waals surface area (Å²) in [6, 6.07) is 161. The molecule has 604 valence electrons. The van der Waals surface area contributed by atoms with Gasteiger partial charge in [-0.3, -0.25) is 0 Å². The molecule has 26 aromatic rings. The van der Waals surface area contributed by atoms with Crippen LogP contribution in [0, 0.1) is 27.7 Å². The molecule has 8 heteroatoms. The van der Waals surface area contributed by atoms with E-state index in [4.69, 9.17) is 0 Å². The molecular weight excluding hydrogens is 1550 g/mol. The number of aryl methyl sites for hydroxylation is 4. The first kappa shape index (κ1) is 74.0. The van der Waals surface area contributed by atoms with Crippen LogP contribution in [0.25, 0.3) is 221 Å². The lowest BCUT2D eigenvalue weighted by atomic mass is 10.1. The monoisotopic (exact) mass is 1640 g/mol. The third-order valence-corrected chi connectivity index (χ3v) is 26.6. The van der Waals surface area contributed by atoms with Gasteiger partial charge in [-0.25, -0.2) is 0 Å². The van der Waals surface area contributed by atoms with Crippen molar-refractivity contribution in [3.8, 4) is 90.5 Å². The number of aromatic nitrogens is 8. The molecular formula is C120H84N8. The van der Waals surface area contributed by atoms with Gasteiger partial charge in [0.2, 0.25) is 0 Å². The van der Waals surface area contributed by atoms with Gasteiger partial charge in [-0.1, -0.05) is 265 Å². The van der Waals surface area contributed by atoms with Gasteiger partial charge in [-0.2, -0.15) is 0 Å². The van der Waals surface area contributed by atoms with Crippen LogP contribution in [0.5, 0.6) is 0 Å². The van der Waals surface area contributed by atoms with E-state index in [2.05, 4.69) is 501 Å². The molecule has 0 N–H and O–H groups in total. The number of hydrogen-bond acceptors (Lipinski definition) is 0. The predicted octanol–water partition coefficient (Wildman–Crippen LogP) is 31.4. The van der Waals surface area contributed by atoms with Crippen molar-refractivity contribution in [1.82, 2.24) is 36.5 Å². The SMILES string of the molecule is Cc1ccc(-c2cc3cc4c(cc(-c5ccc(C)cc5)n4-c4ccc(-n5c6ccccc6c6ccccc65)cc4)cc3n2-c2ccc(-n3c4ccccc4c4ccccc43)cc2)cc1.Cc1ccc(-c2cc3cc4c(cc(-c5ccc(C)cc5)n4-c4ccc5c(c4)c4ccccc4n5-c4ccccc4)cc3n2-c2ccc3c(c2)c2ccccc2n3-c2ccccc2)cc1. The van der Waals surface area contributed by atoms with Crippen molar-refractivity contribution in [3.05, 3.63) is 459 Å². The van der Waals surface area contributed by atoms with E-state index < -0.39 is 0 Å². The summed E-state index contributed by atoms with van der Waals surface area (Å²) in [7, 11) is 0. The van der Waals surface area contributed by atoms with E-state index in [1.54, 1.807) is 0 Å². The van der Waals surface area contributed by atoms with Crippen LogP contribution in [0.2, 0.25) is 0 Å². The zero-order chi connectivity index (χ0) is 84.9. The predicted molar refractivity (Wildman–Crippen MR) is 538 cm³/mol. The van der Waals surface area contributed by atoms with Gasteiger partial charge in [-0.15, -0.1) is 0 Å². The zero-order valence-electron chi connectivity index (χ0n) is 71.1. The maximum absolute atomic E-state index is 2.47. The molecule has 0 saturated carbocycles. The van der Waals surface area contributed by atoms with Gasteiger partial charge < -0.3 is 36.5 Å². The number of hydrogen-bond donors (Lipinski definition) is 0. The smallest absolute Gasteiger partial charge is 0.0542 e. The Hall–Kier alpha value is -16.7. The highest BCUT2D eigenvalue weighted by atomic mass is 15.1. The molecule has 0 aliphatic heterocycles. The largest absolute Gasteiger partial charge is 0.309 e. The molecule has 0 bridgehead atoms. The van der Waals surface area contributed by atoms with Crippen molar-refractivity contribution in [3.63, 3.8) is 0 Å². The quantitative estimate of drug-likeness (QED) is 0.117. The first-order chi connectivity index (χ1) is 63.1. The van der Waals surface area contributed by atoms with Crippen molar-refractivity contribution >= 4 is 131 Å². The normalized spacial score (nSPS) is 11.9. The molecule has 8 nitrogen and oxygen atoms in total. The van der Waals surface area contributed by atoms with Crippen LogP contribution >= 0.6 is 0 Å². The van der Waals surface area contributed by atoms with Gasteiger partial charge in [0.15, 0.2) is 0 Å². The maximum Gasteiger partial charge on any atom is 0.0542 e. The van der Waals surface area contributed by atoms with Gasteiger partial charge in [0, 0.05) is 110 Å². The summed E-state index contributed by atoms with van der Waals surface area (Å²) in [6.45, 7) is 8.62. The Morgan fingerprint density at radius 1 is 0.125 bits per heavy atom. The highest BCUT2D eigenvalue weighted by Gasteiger charge is 2.26. The van der Waals surface area contributed by atoms with Crippen LogP contribution in [0.3, 0.4) is 0 Å². The molecule has 0 saturated heterocycles. The summed E-state index contributed by atoms with van der Waals surface area (Å²) in [5.41, 5.74) is 37.7. The standard InChI is InChI=1S/2C60H42N4/c1-39-19-23-41(24-20-39)57-35-43-37-60-44(38-59(43)63(57)47-31-27-45(28-32-47)61-53-15-7-3-11-49(53)50-12-4-8-16-54(50)61)36-58(42-25-21-40(2)22-26-42)64(60)48-33-29-46(30-34-48)62-55-17-9-5-13-51(55)52-14-6-10-18-56(52)62;1-39-21-25-41(26-22-39)57-33-43-35-60-44(36-59(43)63(57)47-29-31-55-51(37-47)49-17-9-11-19-53(49)61(55)45-13-5-3-6-14-45)34-58(42-27-23-40(2)24-28-42)64(60)48-30-32-56-52(38-48)50-18-10-12-20-54(50)62(56)46-15-7-4-8-16-46/h2*3-38H,1-2H3. The van der Waals surface area contributed by atoms with E-state index in [-0.39, 0.29) is 0 Å². The van der Waals surface area contributed by atoms with E-state index in [1.165, 1.54) is 175 Å². The molecule has 0 aliphatic rings. The molecule has 0 amide bonds. The molecule has 8 heterocycles. The lowest BCUT2D eigenvalue weighted by molar-refractivity contribution is 1.11. The zero-order valence-corrected chi connectivity index (χ0v) is 71.1. The lowest BCUT2D eigenvalue weighted by Gasteiger charge is -2.15. The van der Waals surface area contributed by atoms with Crippen molar-refractivity contribution in [2.75, 3.05) is 0 Å². The van der Waals surface area contributed by atoms with Crippen LogP contribution < -0.4 is 0 Å². The molecule has 0 radical (unpaired) electrons. The van der Waals surface area contributed by atoms with Crippen molar-refractivity contribution in [2.45, 2.75) is 27.7 Å². The minimum atomic E-state index is 1.12. The average molecular weight is 1640 g/mol. The summed E-state index contributed by atoms with van der Waals surface area (Å²) in [5, 5.41) is 14.7. The molecule has 0 fully saturated rings. The van der Waals surface area contributed by atoms with E-state index in [1.807, 2.05) is 0 Å². The second kappa shape index (κ2) is 29.5. The summed E-state index contributed by atoms with van der Waals surface area (Å²) < 4.78 is 19.4. The number of rotatable bonds is 12. The average Bonchev–Trinajstić information content (AvgIpc) is 1.56. The molecule has 0 unspecified atom stereocenters. The van der Waals surface area contributed by atoms with Crippen molar-refractivity contribution < 1.29 is 0 Å². The fourth-order valence-corrected chi connectivity index (χ4v) is 20.5. The van der Waals surface area contributed by atoms with E-state index in [0.717, 1.165) is 68.3 Å². The van der Waals surface area contributed by atoms with Crippen LogP contribution in [0.15, 0.2) is 437 Å². The highest BCUT2D eigenvalue weighted by Crippen LogP contribution is 2.46. The molecule has 0 aliphatic carbocycles. The molecule has 0 atom stereocenters. The molecule has 128 heavy (non-hydrogen) atoms. The Labute approximate surface area is 739 Å². The van der Waals surface area contributed by atoms with Gasteiger partial charge in [0.25, 0.3) is 0 Å². The Balaban J connectivity index is 0.000000139. The topological polar surface area (TPSA) is 39.4 Å². The minimum absolute atomic E-state index is 1.12. The van der Waals surface area contributed by atoms with Crippen molar-refractivity contribution in [2.24, 2.45) is 0 Å². The minimum Gasteiger partial charge on any atom is -0.309 e. The lowest BCUT2D eigenvalue weighted by Crippen LogP contribution is -1.99. The van der Waals surface area contributed by atoms with Crippen LogP contribution in [-0.2, 0) is 0 Å². The van der Waals surface area contributed by atoms with E-state index in [0.29, 0.717) is 0 Å². The summed E-state index contributed by atoms with van der Waals surface area (Å²) in [5.74, 6) is 0. The summed E-state index contributed by atoms with van der Waals surface area (Å²) >= 11 is 0. The number of para-hydroxylation sites is 8. The fourth-order valence-electron chi connectivity index (χ4n) is 20.5.